The highest BCUT2D eigenvalue weighted by Gasteiger charge is 2.07. The van der Waals surface area contributed by atoms with E-state index in [-0.39, 0.29) is 11.9 Å². The van der Waals surface area contributed by atoms with Gasteiger partial charge in [-0.1, -0.05) is 25.6 Å². The first-order chi connectivity index (χ1) is 12.0. The van der Waals surface area contributed by atoms with E-state index in [4.69, 9.17) is 4.74 Å². The maximum Gasteiger partial charge on any atom is 0.230 e. The topological polar surface area (TPSA) is 64.1 Å². The molecular formula is C19H27N3O2S. The van der Waals surface area contributed by atoms with Crippen molar-refractivity contribution in [1.82, 2.24) is 15.5 Å². The lowest BCUT2D eigenvalue weighted by Gasteiger charge is -2.08. The van der Waals surface area contributed by atoms with Crippen molar-refractivity contribution >= 4 is 17.7 Å². The zero-order valence-corrected chi connectivity index (χ0v) is 16.6. The first-order valence-corrected chi connectivity index (χ1v) is 9.39. The summed E-state index contributed by atoms with van der Waals surface area (Å²) in [4.78, 5) is 11.6. The number of thioether (sulfide) groups is 1. The highest BCUT2D eigenvalue weighted by molar-refractivity contribution is 7.99. The molecule has 0 saturated heterocycles. The Bertz CT molecular complexity index is 673. The largest absolute Gasteiger partial charge is 0.496 e. The predicted octanol–water partition coefficient (Wildman–Crippen LogP) is 4.10. The molecular weight excluding hydrogens is 334 g/mol. The lowest BCUT2D eigenvalue weighted by atomic mass is 10.1. The average molecular weight is 362 g/mol. The Labute approximate surface area is 154 Å². The van der Waals surface area contributed by atoms with E-state index in [1.165, 1.54) is 11.8 Å². The Morgan fingerprint density at radius 1 is 1.20 bits per heavy atom. The minimum Gasteiger partial charge on any atom is -0.496 e. The van der Waals surface area contributed by atoms with Crippen LogP contribution in [0.1, 0.15) is 33.3 Å². The fourth-order valence-electron chi connectivity index (χ4n) is 2.09. The summed E-state index contributed by atoms with van der Waals surface area (Å²) >= 11 is 1.38. The van der Waals surface area contributed by atoms with Gasteiger partial charge in [-0.2, -0.15) is 0 Å². The van der Waals surface area contributed by atoms with Crippen LogP contribution in [0.3, 0.4) is 0 Å². The van der Waals surface area contributed by atoms with E-state index in [0.717, 1.165) is 27.6 Å². The van der Waals surface area contributed by atoms with Gasteiger partial charge in [0.2, 0.25) is 5.91 Å². The molecule has 0 bridgehead atoms. The minimum atomic E-state index is 0.00153. The number of methoxy groups -OCH3 is 1. The number of amides is 1. The standard InChI is InChI=1S/C17H21N3O2S.C2H6/c1-11(2)18-16(21)10-23-17-8-6-14(19-20-17)13-5-7-15(22-4)12(3)9-13;1-2/h5-9,11H,10H2,1-4H3,(H,18,21);1-2H3. The number of nitrogens with zero attached hydrogens (tertiary/aromatic N) is 2. The number of benzene rings is 1. The summed E-state index contributed by atoms with van der Waals surface area (Å²) in [5, 5.41) is 12.0. The van der Waals surface area contributed by atoms with Gasteiger partial charge in [-0.25, -0.2) is 0 Å². The number of nitrogens with one attached hydrogen (secondary N) is 1. The normalized spacial score (nSPS) is 10.0. The van der Waals surface area contributed by atoms with Crippen molar-refractivity contribution in [3.05, 3.63) is 35.9 Å². The summed E-state index contributed by atoms with van der Waals surface area (Å²) in [6.45, 7) is 9.87. The number of carbonyl (C=O) groups is 1. The first kappa shape index (κ1) is 21.0. The van der Waals surface area contributed by atoms with Crippen LogP contribution in [0.4, 0.5) is 0 Å². The molecule has 1 N–H and O–H groups in total. The van der Waals surface area contributed by atoms with Crippen LogP contribution in [-0.4, -0.2) is 35.0 Å². The van der Waals surface area contributed by atoms with Crippen LogP contribution in [0.5, 0.6) is 5.75 Å². The molecule has 2 aromatic rings. The molecule has 0 radical (unpaired) electrons. The molecule has 0 spiro atoms. The summed E-state index contributed by atoms with van der Waals surface area (Å²) in [5.41, 5.74) is 2.84. The quantitative estimate of drug-likeness (QED) is 0.785. The van der Waals surface area contributed by atoms with Crippen molar-refractivity contribution in [2.45, 2.75) is 45.7 Å². The molecule has 1 aromatic heterocycles. The molecule has 5 nitrogen and oxygen atoms in total. The summed E-state index contributed by atoms with van der Waals surface area (Å²) in [7, 11) is 1.66. The Morgan fingerprint density at radius 2 is 1.92 bits per heavy atom. The number of aryl methyl sites for hydroxylation is 1. The lowest BCUT2D eigenvalue weighted by molar-refractivity contribution is -0.119. The minimum absolute atomic E-state index is 0.00153. The van der Waals surface area contributed by atoms with Gasteiger partial charge in [0.1, 0.15) is 10.8 Å². The molecule has 0 unspecified atom stereocenters. The van der Waals surface area contributed by atoms with Crippen molar-refractivity contribution in [1.29, 1.82) is 0 Å². The van der Waals surface area contributed by atoms with E-state index in [1.54, 1.807) is 7.11 Å². The molecule has 0 aliphatic carbocycles. The van der Waals surface area contributed by atoms with Gasteiger partial charge >= 0.3 is 0 Å². The fraction of sp³-hybridized carbons (Fsp3) is 0.421. The molecule has 0 aliphatic heterocycles. The molecule has 136 valence electrons. The highest BCUT2D eigenvalue weighted by Crippen LogP contribution is 2.25. The summed E-state index contributed by atoms with van der Waals surface area (Å²) in [5.74, 6) is 1.19. The predicted molar refractivity (Wildman–Crippen MR) is 104 cm³/mol. The SMILES string of the molecule is CC.COc1ccc(-c2ccc(SCC(=O)NC(C)C)nn2)cc1C. The molecule has 1 amide bonds. The van der Waals surface area contributed by atoms with Crippen LogP contribution >= 0.6 is 11.8 Å². The number of aromatic nitrogens is 2. The van der Waals surface area contributed by atoms with E-state index >= 15 is 0 Å². The Morgan fingerprint density at radius 3 is 2.44 bits per heavy atom. The van der Waals surface area contributed by atoms with Crippen molar-refractivity contribution in [3.63, 3.8) is 0 Å². The highest BCUT2D eigenvalue weighted by atomic mass is 32.2. The van der Waals surface area contributed by atoms with Gasteiger partial charge < -0.3 is 10.1 Å². The van der Waals surface area contributed by atoms with E-state index in [0.29, 0.717) is 5.75 Å². The number of rotatable bonds is 6. The molecule has 0 aliphatic rings. The van der Waals surface area contributed by atoms with Crippen LogP contribution in [0.2, 0.25) is 0 Å². The molecule has 0 fully saturated rings. The molecule has 2 rings (SSSR count). The van der Waals surface area contributed by atoms with E-state index in [2.05, 4.69) is 15.5 Å². The van der Waals surface area contributed by atoms with Gasteiger partial charge in [-0.15, -0.1) is 10.2 Å². The van der Waals surface area contributed by atoms with Gasteiger partial charge in [0, 0.05) is 11.6 Å². The number of carbonyl (C=O) groups excluding carboxylic acids is 1. The zero-order chi connectivity index (χ0) is 18.8. The Balaban J connectivity index is 0.00000151. The molecule has 0 atom stereocenters. The maximum atomic E-state index is 11.6. The van der Waals surface area contributed by atoms with Gasteiger partial charge in [-0.3, -0.25) is 4.79 Å². The van der Waals surface area contributed by atoms with Crippen LogP contribution in [0, 0.1) is 6.92 Å². The van der Waals surface area contributed by atoms with Crippen molar-refractivity contribution in [2.75, 3.05) is 12.9 Å². The van der Waals surface area contributed by atoms with Crippen LogP contribution in [0.15, 0.2) is 35.4 Å². The van der Waals surface area contributed by atoms with Crippen molar-refractivity contribution in [2.24, 2.45) is 0 Å². The summed E-state index contributed by atoms with van der Waals surface area (Å²) in [6, 6.07) is 9.84. The number of ether oxygens (including phenoxy) is 1. The monoisotopic (exact) mass is 361 g/mol. The average Bonchev–Trinajstić information content (AvgIpc) is 2.61. The summed E-state index contributed by atoms with van der Waals surface area (Å²) in [6.07, 6.45) is 0. The van der Waals surface area contributed by atoms with Crippen molar-refractivity contribution < 1.29 is 9.53 Å². The van der Waals surface area contributed by atoms with E-state index in [1.807, 2.05) is 65.0 Å². The molecule has 6 heteroatoms. The lowest BCUT2D eigenvalue weighted by Crippen LogP contribution is -2.31. The second-order valence-electron chi connectivity index (χ2n) is 5.45. The van der Waals surface area contributed by atoms with Gasteiger partial charge in [0.25, 0.3) is 0 Å². The van der Waals surface area contributed by atoms with Gasteiger partial charge in [0.05, 0.1) is 18.6 Å². The second kappa shape index (κ2) is 10.7. The van der Waals surface area contributed by atoms with Gasteiger partial charge in [-0.05, 0) is 56.7 Å². The van der Waals surface area contributed by atoms with Crippen LogP contribution in [-0.2, 0) is 4.79 Å². The fourth-order valence-corrected chi connectivity index (χ4v) is 2.72. The maximum absolute atomic E-state index is 11.6. The van der Waals surface area contributed by atoms with E-state index in [9.17, 15) is 4.79 Å². The third-order valence-corrected chi connectivity index (χ3v) is 4.05. The van der Waals surface area contributed by atoms with E-state index < -0.39 is 0 Å². The van der Waals surface area contributed by atoms with Crippen LogP contribution in [0.25, 0.3) is 11.3 Å². The molecule has 0 saturated carbocycles. The molecule has 25 heavy (non-hydrogen) atoms. The third-order valence-electron chi connectivity index (χ3n) is 3.13. The van der Waals surface area contributed by atoms with Crippen LogP contribution < -0.4 is 10.1 Å². The number of hydrogen-bond acceptors (Lipinski definition) is 5. The first-order valence-electron chi connectivity index (χ1n) is 8.40. The molecule has 1 heterocycles. The van der Waals surface area contributed by atoms with Crippen molar-refractivity contribution in [3.8, 4) is 17.0 Å². The third kappa shape index (κ3) is 6.74. The number of hydrogen-bond donors (Lipinski definition) is 1. The van der Waals surface area contributed by atoms with Gasteiger partial charge in [0.15, 0.2) is 0 Å². The smallest absolute Gasteiger partial charge is 0.230 e. The Kier molecular flexibility index (Phi) is 8.99. The second-order valence-corrected chi connectivity index (χ2v) is 6.45. The Hall–Kier alpha value is -2.08. The summed E-state index contributed by atoms with van der Waals surface area (Å²) < 4.78 is 5.26. The molecule has 1 aromatic carbocycles. The zero-order valence-electron chi connectivity index (χ0n) is 15.8.